The molecule has 1 aromatic heterocycles. The van der Waals surface area contributed by atoms with Crippen LogP contribution in [0.25, 0.3) is 10.9 Å². The number of carbonyl (C=O) groups excluding carboxylic acids is 3. The van der Waals surface area contributed by atoms with Crippen molar-refractivity contribution >= 4 is 29.6 Å². The number of H-pyrrole nitrogens is 1. The van der Waals surface area contributed by atoms with E-state index in [1.165, 1.54) is 0 Å². The normalized spacial score (nSPS) is 11.8. The van der Waals surface area contributed by atoms with Crippen molar-refractivity contribution in [2.45, 2.75) is 12.5 Å². The number of amides is 3. The number of carbonyl (C=O) groups is 3. The Hall–Kier alpha value is -2.63. The standard InChI is InChI=1S/C13H13N3O3/c17-7-10(16-13(19)15-8-18)5-9-6-14-12-4-2-1-3-11(9)12/h1-4,6-8,10,14H,5H2,(H2,15,16,18,19). The van der Waals surface area contributed by atoms with Crippen LogP contribution in [0.3, 0.4) is 0 Å². The summed E-state index contributed by atoms with van der Waals surface area (Å²) in [5, 5.41) is 5.34. The molecule has 0 radical (unpaired) electrons. The Kier molecular flexibility index (Phi) is 3.92. The molecule has 19 heavy (non-hydrogen) atoms. The molecule has 2 aromatic rings. The molecular formula is C13H13N3O3. The molecule has 1 aromatic carbocycles. The largest absolute Gasteiger partial charge is 0.361 e. The summed E-state index contributed by atoms with van der Waals surface area (Å²) in [6.45, 7) is 0. The van der Waals surface area contributed by atoms with Crippen molar-refractivity contribution in [3.05, 3.63) is 36.0 Å². The van der Waals surface area contributed by atoms with Gasteiger partial charge in [0.05, 0.1) is 6.04 Å². The molecule has 6 nitrogen and oxygen atoms in total. The van der Waals surface area contributed by atoms with Gasteiger partial charge in [-0.15, -0.1) is 0 Å². The molecule has 0 aliphatic rings. The number of imide groups is 1. The van der Waals surface area contributed by atoms with Crippen molar-refractivity contribution in [1.82, 2.24) is 15.6 Å². The predicted molar refractivity (Wildman–Crippen MR) is 69.6 cm³/mol. The van der Waals surface area contributed by atoms with E-state index in [4.69, 9.17) is 0 Å². The lowest BCUT2D eigenvalue weighted by molar-refractivity contribution is -0.110. The SMILES string of the molecule is O=CNC(=O)NC(C=O)Cc1c[nH]c2ccccc12. The smallest absolute Gasteiger partial charge is 0.321 e. The molecule has 6 heteroatoms. The second-order valence-corrected chi connectivity index (χ2v) is 4.04. The number of rotatable bonds is 5. The molecule has 0 aliphatic carbocycles. The molecule has 0 saturated carbocycles. The van der Waals surface area contributed by atoms with E-state index in [1.807, 2.05) is 29.6 Å². The fourth-order valence-corrected chi connectivity index (χ4v) is 1.93. The Labute approximate surface area is 109 Å². The number of para-hydroxylation sites is 1. The first-order valence-electron chi connectivity index (χ1n) is 5.75. The first kappa shape index (κ1) is 12.8. The highest BCUT2D eigenvalue weighted by atomic mass is 16.2. The Bertz CT molecular complexity index is 606. The molecular weight excluding hydrogens is 246 g/mol. The third kappa shape index (κ3) is 2.98. The Balaban J connectivity index is 2.11. The maximum absolute atomic E-state index is 11.2. The fourth-order valence-electron chi connectivity index (χ4n) is 1.93. The average Bonchev–Trinajstić information content (AvgIpc) is 2.82. The molecule has 1 atom stereocenters. The molecule has 0 aliphatic heterocycles. The van der Waals surface area contributed by atoms with Gasteiger partial charge in [0.2, 0.25) is 6.41 Å². The lowest BCUT2D eigenvalue weighted by atomic mass is 10.1. The van der Waals surface area contributed by atoms with Crippen LogP contribution in [0.4, 0.5) is 4.79 Å². The van der Waals surface area contributed by atoms with Gasteiger partial charge in [-0.2, -0.15) is 0 Å². The van der Waals surface area contributed by atoms with Crippen LogP contribution in [-0.4, -0.2) is 29.8 Å². The first-order chi connectivity index (χ1) is 9.24. The van der Waals surface area contributed by atoms with Gasteiger partial charge in [0.25, 0.3) is 0 Å². The van der Waals surface area contributed by atoms with Crippen LogP contribution in [0, 0.1) is 0 Å². The second kappa shape index (κ2) is 5.81. The maximum Gasteiger partial charge on any atom is 0.321 e. The first-order valence-corrected chi connectivity index (χ1v) is 5.75. The molecule has 3 N–H and O–H groups in total. The minimum atomic E-state index is -0.688. The zero-order valence-electron chi connectivity index (χ0n) is 10.1. The number of fused-ring (bicyclic) bond motifs is 1. The summed E-state index contributed by atoms with van der Waals surface area (Å²) >= 11 is 0. The van der Waals surface area contributed by atoms with Gasteiger partial charge in [0.15, 0.2) is 0 Å². The number of urea groups is 1. The van der Waals surface area contributed by atoms with E-state index in [0.717, 1.165) is 16.5 Å². The molecule has 0 fully saturated rings. The molecule has 0 saturated heterocycles. The second-order valence-electron chi connectivity index (χ2n) is 4.04. The number of hydrogen-bond acceptors (Lipinski definition) is 3. The summed E-state index contributed by atoms with van der Waals surface area (Å²) in [5.41, 5.74) is 1.90. The van der Waals surface area contributed by atoms with E-state index in [-0.39, 0.29) is 6.41 Å². The van der Waals surface area contributed by atoms with Crippen LogP contribution < -0.4 is 10.6 Å². The molecule has 3 amide bonds. The zero-order chi connectivity index (χ0) is 13.7. The minimum Gasteiger partial charge on any atom is -0.361 e. The highest BCUT2D eigenvalue weighted by Gasteiger charge is 2.13. The number of aromatic amines is 1. The molecule has 0 spiro atoms. The van der Waals surface area contributed by atoms with Crippen molar-refractivity contribution in [3.8, 4) is 0 Å². The third-order valence-electron chi connectivity index (χ3n) is 2.79. The molecule has 1 heterocycles. The van der Waals surface area contributed by atoms with Gasteiger partial charge in [0.1, 0.15) is 6.29 Å². The number of aromatic nitrogens is 1. The summed E-state index contributed by atoms with van der Waals surface area (Å²) in [7, 11) is 0. The van der Waals surface area contributed by atoms with E-state index in [0.29, 0.717) is 12.7 Å². The lowest BCUT2D eigenvalue weighted by Gasteiger charge is -2.11. The molecule has 0 bridgehead atoms. The average molecular weight is 259 g/mol. The van der Waals surface area contributed by atoms with Gasteiger partial charge < -0.3 is 15.1 Å². The number of hydrogen-bond donors (Lipinski definition) is 3. The topological polar surface area (TPSA) is 91.1 Å². The van der Waals surface area contributed by atoms with Crippen molar-refractivity contribution in [2.24, 2.45) is 0 Å². The highest BCUT2D eigenvalue weighted by Crippen LogP contribution is 2.18. The van der Waals surface area contributed by atoms with Crippen LogP contribution in [0.5, 0.6) is 0 Å². The van der Waals surface area contributed by atoms with Gasteiger partial charge >= 0.3 is 6.03 Å². The number of nitrogens with one attached hydrogen (secondary N) is 3. The van der Waals surface area contributed by atoms with Crippen LogP contribution in [0.15, 0.2) is 30.5 Å². The van der Waals surface area contributed by atoms with Crippen LogP contribution >= 0.6 is 0 Å². The summed E-state index contributed by atoms with van der Waals surface area (Å²) in [5.74, 6) is 0. The molecule has 2 rings (SSSR count). The van der Waals surface area contributed by atoms with Gasteiger partial charge in [-0.1, -0.05) is 18.2 Å². The summed E-state index contributed by atoms with van der Waals surface area (Å²) in [4.78, 5) is 35.4. The Morgan fingerprint density at radius 3 is 2.84 bits per heavy atom. The number of benzene rings is 1. The summed E-state index contributed by atoms with van der Waals surface area (Å²) in [6.07, 6.45) is 3.08. The van der Waals surface area contributed by atoms with E-state index in [9.17, 15) is 14.4 Å². The monoisotopic (exact) mass is 259 g/mol. The highest BCUT2D eigenvalue weighted by molar-refractivity contribution is 5.87. The van der Waals surface area contributed by atoms with Crippen molar-refractivity contribution in [2.75, 3.05) is 0 Å². The van der Waals surface area contributed by atoms with Crippen LogP contribution in [0.2, 0.25) is 0 Å². The summed E-state index contributed by atoms with van der Waals surface area (Å²) < 4.78 is 0. The van der Waals surface area contributed by atoms with Gasteiger partial charge in [-0.25, -0.2) is 4.79 Å². The maximum atomic E-state index is 11.2. The van der Waals surface area contributed by atoms with E-state index >= 15 is 0 Å². The minimum absolute atomic E-state index is 0.267. The van der Waals surface area contributed by atoms with E-state index < -0.39 is 12.1 Å². The Morgan fingerprint density at radius 2 is 2.11 bits per heavy atom. The van der Waals surface area contributed by atoms with Crippen LogP contribution in [-0.2, 0) is 16.0 Å². The van der Waals surface area contributed by atoms with Gasteiger partial charge in [0, 0.05) is 23.5 Å². The summed E-state index contributed by atoms with van der Waals surface area (Å²) in [6, 6.07) is 6.32. The van der Waals surface area contributed by atoms with E-state index in [2.05, 4.69) is 10.3 Å². The number of aldehydes is 1. The third-order valence-corrected chi connectivity index (χ3v) is 2.79. The van der Waals surface area contributed by atoms with Crippen LogP contribution in [0.1, 0.15) is 5.56 Å². The predicted octanol–water partition coefficient (Wildman–Crippen LogP) is 0.733. The van der Waals surface area contributed by atoms with Gasteiger partial charge in [-0.3, -0.25) is 10.1 Å². The van der Waals surface area contributed by atoms with Crippen molar-refractivity contribution in [1.29, 1.82) is 0 Å². The quantitative estimate of drug-likeness (QED) is 0.691. The lowest BCUT2D eigenvalue weighted by Crippen LogP contribution is -2.43. The van der Waals surface area contributed by atoms with Crippen molar-refractivity contribution in [3.63, 3.8) is 0 Å². The van der Waals surface area contributed by atoms with Crippen molar-refractivity contribution < 1.29 is 14.4 Å². The zero-order valence-corrected chi connectivity index (χ0v) is 10.1. The van der Waals surface area contributed by atoms with E-state index in [1.54, 1.807) is 6.20 Å². The molecule has 98 valence electrons. The molecule has 1 unspecified atom stereocenters. The fraction of sp³-hybridized carbons (Fsp3) is 0.154. The Morgan fingerprint density at radius 1 is 1.32 bits per heavy atom. The van der Waals surface area contributed by atoms with Gasteiger partial charge in [-0.05, 0) is 11.6 Å².